The van der Waals surface area contributed by atoms with Crippen molar-refractivity contribution >= 4 is 41.3 Å². The van der Waals surface area contributed by atoms with Gasteiger partial charge in [-0.2, -0.15) is 0 Å². The highest BCUT2D eigenvalue weighted by Crippen LogP contribution is 2.20. The molecule has 0 saturated heterocycles. The summed E-state index contributed by atoms with van der Waals surface area (Å²) in [5.41, 5.74) is 1.10. The van der Waals surface area contributed by atoms with Crippen LogP contribution >= 0.6 is 35.3 Å². The van der Waals surface area contributed by atoms with Crippen molar-refractivity contribution in [1.29, 1.82) is 0 Å². The maximum absolute atomic E-state index is 5.97. The number of thiazole rings is 1. The van der Waals surface area contributed by atoms with E-state index in [2.05, 4.69) is 34.5 Å². The molecule has 7 heteroatoms. The number of nitrogens with one attached hydrogen (secondary N) is 2. The molecule has 0 spiro atoms. The lowest BCUT2D eigenvalue weighted by Crippen LogP contribution is -2.38. The van der Waals surface area contributed by atoms with Gasteiger partial charge in [-0.05, 0) is 40.0 Å². The van der Waals surface area contributed by atoms with Gasteiger partial charge in [0.2, 0.25) is 0 Å². The number of guanidine groups is 1. The molecule has 144 valence electrons. The highest BCUT2D eigenvalue weighted by molar-refractivity contribution is 14.0. The zero-order chi connectivity index (χ0) is 17.2. The van der Waals surface area contributed by atoms with Gasteiger partial charge in [-0.25, -0.2) is 9.98 Å². The van der Waals surface area contributed by atoms with Crippen molar-refractivity contribution in [3.8, 4) is 0 Å². The average Bonchev–Trinajstić information content (AvgIpc) is 2.90. The van der Waals surface area contributed by atoms with Gasteiger partial charge in [-0.3, -0.25) is 0 Å². The Morgan fingerprint density at radius 1 is 1.24 bits per heavy atom. The molecule has 0 unspecified atom stereocenters. The molecule has 1 aliphatic carbocycles. The first kappa shape index (κ1) is 22.6. The molecule has 0 aromatic carbocycles. The largest absolute Gasteiger partial charge is 0.378 e. The molecule has 1 aliphatic rings. The van der Waals surface area contributed by atoms with Crippen LogP contribution in [0.5, 0.6) is 0 Å². The van der Waals surface area contributed by atoms with Crippen LogP contribution in [0.3, 0.4) is 0 Å². The van der Waals surface area contributed by atoms with E-state index < -0.39 is 0 Å². The standard InChI is InChI=1S/C18H32N4OS.HI/c1-4-19-18(21-13-17-14(2)22-15(3)24-17)20-11-8-12-23-16-9-6-5-7-10-16;/h16H,4-13H2,1-3H3,(H2,19,20,21);1H. The molecule has 0 bridgehead atoms. The van der Waals surface area contributed by atoms with Crippen molar-refractivity contribution in [3.05, 3.63) is 15.6 Å². The van der Waals surface area contributed by atoms with Crippen LogP contribution in [0, 0.1) is 13.8 Å². The zero-order valence-electron chi connectivity index (χ0n) is 15.8. The second-order valence-electron chi connectivity index (χ2n) is 6.35. The predicted molar refractivity (Wildman–Crippen MR) is 117 cm³/mol. The molecule has 0 aliphatic heterocycles. The van der Waals surface area contributed by atoms with Crippen molar-refractivity contribution in [1.82, 2.24) is 15.6 Å². The van der Waals surface area contributed by atoms with E-state index in [1.54, 1.807) is 11.3 Å². The summed E-state index contributed by atoms with van der Waals surface area (Å²) in [5, 5.41) is 7.81. The van der Waals surface area contributed by atoms with Crippen molar-refractivity contribution < 1.29 is 4.74 Å². The molecule has 1 aromatic heterocycles. The number of aryl methyl sites for hydroxylation is 2. The number of hydrogen-bond donors (Lipinski definition) is 2. The molecule has 0 radical (unpaired) electrons. The summed E-state index contributed by atoms with van der Waals surface area (Å²) in [7, 11) is 0. The average molecular weight is 480 g/mol. The van der Waals surface area contributed by atoms with Crippen molar-refractivity contribution in [2.24, 2.45) is 4.99 Å². The Kier molecular flexibility index (Phi) is 11.6. The van der Waals surface area contributed by atoms with Gasteiger partial charge in [0, 0.05) is 24.6 Å². The minimum absolute atomic E-state index is 0. The number of hydrogen-bond acceptors (Lipinski definition) is 4. The first-order valence-corrected chi connectivity index (χ1v) is 10.1. The molecule has 2 rings (SSSR count). The van der Waals surface area contributed by atoms with E-state index >= 15 is 0 Å². The van der Waals surface area contributed by atoms with Crippen molar-refractivity contribution in [2.45, 2.75) is 71.9 Å². The molecule has 2 N–H and O–H groups in total. The highest BCUT2D eigenvalue weighted by atomic mass is 127. The minimum atomic E-state index is 0. The van der Waals surface area contributed by atoms with Crippen LogP contribution < -0.4 is 10.6 Å². The maximum Gasteiger partial charge on any atom is 0.191 e. The summed E-state index contributed by atoms with van der Waals surface area (Å²) in [6, 6.07) is 0. The third-order valence-electron chi connectivity index (χ3n) is 4.24. The number of ether oxygens (including phenoxy) is 1. The van der Waals surface area contributed by atoms with E-state index in [4.69, 9.17) is 4.74 Å². The van der Waals surface area contributed by atoms with Crippen LogP contribution in [0.25, 0.3) is 0 Å². The predicted octanol–water partition coefficient (Wildman–Crippen LogP) is 4.17. The molecular formula is C18H33IN4OS. The van der Waals surface area contributed by atoms with Gasteiger partial charge in [0.15, 0.2) is 5.96 Å². The molecule has 1 fully saturated rings. The SMILES string of the molecule is CCNC(=NCc1sc(C)nc1C)NCCCOC1CCCCC1.I. The Bertz CT molecular complexity index is 515. The van der Waals surface area contributed by atoms with Crippen molar-refractivity contribution in [3.63, 3.8) is 0 Å². The molecule has 5 nitrogen and oxygen atoms in total. The van der Waals surface area contributed by atoms with E-state index in [1.807, 2.05) is 6.92 Å². The topological polar surface area (TPSA) is 58.5 Å². The van der Waals surface area contributed by atoms with E-state index in [-0.39, 0.29) is 24.0 Å². The van der Waals surface area contributed by atoms with E-state index in [1.165, 1.54) is 37.0 Å². The lowest BCUT2D eigenvalue weighted by Gasteiger charge is -2.22. The minimum Gasteiger partial charge on any atom is -0.378 e. The third-order valence-corrected chi connectivity index (χ3v) is 5.30. The zero-order valence-corrected chi connectivity index (χ0v) is 18.9. The van der Waals surface area contributed by atoms with Gasteiger partial charge in [-0.1, -0.05) is 19.3 Å². The summed E-state index contributed by atoms with van der Waals surface area (Å²) >= 11 is 1.73. The summed E-state index contributed by atoms with van der Waals surface area (Å²) in [6.45, 7) is 9.46. The van der Waals surface area contributed by atoms with Crippen molar-refractivity contribution in [2.75, 3.05) is 19.7 Å². The number of rotatable bonds is 8. The quantitative estimate of drug-likeness (QED) is 0.254. The first-order chi connectivity index (χ1) is 11.7. The first-order valence-electron chi connectivity index (χ1n) is 9.25. The normalized spacial score (nSPS) is 15.7. The van der Waals surface area contributed by atoms with Crippen LogP contribution in [-0.4, -0.2) is 36.7 Å². The van der Waals surface area contributed by atoms with Gasteiger partial charge < -0.3 is 15.4 Å². The number of halogens is 1. The molecule has 0 atom stereocenters. The van der Waals surface area contributed by atoms with Crippen LogP contribution in [0.4, 0.5) is 0 Å². The monoisotopic (exact) mass is 480 g/mol. The molecule has 25 heavy (non-hydrogen) atoms. The molecule has 1 aromatic rings. The summed E-state index contributed by atoms with van der Waals surface area (Å²) in [5.74, 6) is 0.876. The Balaban J connectivity index is 0.00000312. The van der Waals surface area contributed by atoms with Crippen LogP contribution in [0.1, 0.15) is 61.0 Å². The van der Waals surface area contributed by atoms with Gasteiger partial charge in [0.25, 0.3) is 0 Å². The second-order valence-corrected chi connectivity index (χ2v) is 7.64. The maximum atomic E-state index is 5.97. The highest BCUT2D eigenvalue weighted by Gasteiger charge is 2.13. The van der Waals surface area contributed by atoms with Crippen LogP contribution in [-0.2, 0) is 11.3 Å². The summed E-state index contributed by atoms with van der Waals surface area (Å²) < 4.78 is 5.97. The second kappa shape index (κ2) is 12.9. The van der Waals surface area contributed by atoms with Gasteiger partial charge in [0.05, 0.1) is 23.4 Å². The Morgan fingerprint density at radius 3 is 2.64 bits per heavy atom. The third kappa shape index (κ3) is 8.68. The van der Waals surface area contributed by atoms with E-state index in [0.717, 1.165) is 42.8 Å². The summed E-state index contributed by atoms with van der Waals surface area (Å²) in [6.07, 6.45) is 8.03. The molecule has 1 saturated carbocycles. The van der Waals surface area contributed by atoms with E-state index in [0.29, 0.717) is 12.6 Å². The fourth-order valence-corrected chi connectivity index (χ4v) is 3.84. The molecule has 0 amide bonds. The van der Waals surface area contributed by atoms with Gasteiger partial charge in [0.1, 0.15) is 0 Å². The Morgan fingerprint density at radius 2 is 2.00 bits per heavy atom. The van der Waals surface area contributed by atoms with Crippen LogP contribution in [0.2, 0.25) is 0 Å². The number of nitrogens with zero attached hydrogens (tertiary/aromatic N) is 2. The smallest absolute Gasteiger partial charge is 0.191 e. The Labute approximate surface area is 173 Å². The van der Waals surface area contributed by atoms with Gasteiger partial charge >= 0.3 is 0 Å². The fraction of sp³-hybridized carbons (Fsp3) is 0.778. The molecular weight excluding hydrogens is 447 g/mol. The summed E-state index contributed by atoms with van der Waals surface area (Å²) in [4.78, 5) is 10.4. The number of aromatic nitrogens is 1. The van der Waals surface area contributed by atoms with Crippen LogP contribution in [0.15, 0.2) is 4.99 Å². The number of aliphatic imine (C=N–C) groups is 1. The molecule has 1 heterocycles. The Hall–Kier alpha value is -0.410. The lowest BCUT2D eigenvalue weighted by atomic mass is 9.98. The fourth-order valence-electron chi connectivity index (χ4n) is 2.97. The lowest BCUT2D eigenvalue weighted by molar-refractivity contribution is 0.0277. The van der Waals surface area contributed by atoms with E-state index in [9.17, 15) is 0 Å². The van der Waals surface area contributed by atoms with Gasteiger partial charge in [-0.15, -0.1) is 35.3 Å².